The summed E-state index contributed by atoms with van der Waals surface area (Å²) < 4.78 is 1.97. The highest BCUT2D eigenvalue weighted by Gasteiger charge is 2.13. The SMILES string of the molecule is C[Si](C)(C)C#Cc1ccc(-c2cc(-c3cccc(Cl)c3)n(-c3ccccc3)n2)cc1. The second-order valence-electron chi connectivity index (χ2n) is 8.25. The molecule has 4 aromatic rings. The van der Waals surface area contributed by atoms with Gasteiger partial charge < -0.3 is 0 Å². The lowest BCUT2D eigenvalue weighted by atomic mass is 10.1. The molecule has 0 radical (unpaired) electrons. The van der Waals surface area contributed by atoms with Crippen molar-refractivity contribution in [3.8, 4) is 39.7 Å². The molecule has 0 spiro atoms. The van der Waals surface area contributed by atoms with Crippen molar-refractivity contribution in [3.05, 3.63) is 95.5 Å². The van der Waals surface area contributed by atoms with Crippen LogP contribution in [-0.4, -0.2) is 17.9 Å². The first-order valence-corrected chi connectivity index (χ1v) is 13.8. The van der Waals surface area contributed by atoms with Gasteiger partial charge in [0.2, 0.25) is 0 Å². The molecule has 0 fully saturated rings. The van der Waals surface area contributed by atoms with Crippen molar-refractivity contribution < 1.29 is 0 Å². The minimum atomic E-state index is -1.39. The van der Waals surface area contributed by atoms with Crippen molar-refractivity contribution in [2.45, 2.75) is 19.6 Å². The molecular formula is C26H23ClN2Si. The quantitative estimate of drug-likeness (QED) is 0.252. The van der Waals surface area contributed by atoms with Crippen LogP contribution >= 0.6 is 11.6 Å². The minimum Gasteiger partial charge on any atom is -0.232 e. The van der Waals surface area contributed by atoms with Gasteiger partial charge in [0.1, 0.15) is 8.07 Å². The number of para-hydroxylation sites is 1. The Morgan fingerprint density at radius 1 is 0.800 bits per heavy atom. The molecule has 0 aliphatic heterocycles. The molecule has 0 N–H and O–H groups in total. The molecule has 0 aliphatic rings. The van der Waals surface area contributed by atoms with E-state index >= 15 is 0 Å². The van der Waals surface area contributed by atoms with E-state index in [9.17, 15) is 0 Å². The van der Waals surface area contributed by atoms with Gasteiger partial charge in [-0.05, 0) is 42.5 Å². The standard InChI is InChI=1S/C26H23ClN2Si/c1-30(2,3)17-16-20-12-14-21(15-13-20)25-19-26(22-8-7-9-23(27)18-22)29(28-25)24-10-5-4-6-11-24/h4-15,18-19H,1-3H3. The summed E-state index contributed by atoms with van der Waals surface area (Å²) in [5.41, 5.74) is 9.47. The summed E-state index contributed by atoms with van der Waals surface area (Å²) in [5.74, 6) is 3.31. The molecule has 1 aromatic heterocycles. The van der Waals surface area contributed by atoms with E-state index in [4.69, 9.17) is 16.7 Å². The zero-order valence-electron chi connectivity index (χ0n) is 17.4. The fourth-order valence-corrected chi connectivity index (χ4v) is 3.84. The van der Waals surface area contributed by atoms with E-state index in [0.717, 1.165) is 33.8 Å². The van der Waals surface area contributed by atoms with Gasteiger partial charge in [0.05, 0.1) is 17.1 Å². The van der Waals surface area contributed by atoms with Crippen LogP contribution in [0.5, 0.6) is 0 Å². The molecule has 0 atom stereocenters. The Hall–Kier alpha value is -3.06. The minimum absolute atomic E-state index is 0.709. The van der Waals surface area contributed by atoms with E-state index in [1.165, 1.54) is 0 Å². The monoisotopic (exact) mass is 426 g/mol. The normalized spacial score (nSPS) is 11.1. The lowest BCUT2D eigenvalue weighted by Crippen LogP contribution is -2.16. The molecule has 0 amide bonds. The van der Waals surface area contributed by atoms with E-state index in [1.54, 1.807) is 0 Å². The second-order valence-corrected chi connectivity index (χ2v) is 13.4. The van der Waals surface area contributed by atoms with Gasteiger partial charge >= 0.3 is 0 Å². The average Bonchev–Trinajstić information content (AvgIpc) is 3.18. The van der Waals surface area contributed by atoms with E-state index in [2.05, 4.69) is 79.6 Å². The van der Waals surface area contributed by atoms with Crippen LogP contribution in [0.15, 0.2) is 84.9 Å². The molecule has 0 unspecified atom stereocenters. The predicted octanol–water partition coefficient (Wildman–Crippen LogP) is 7.09. The average molecular weight is 427 g/mol. The zero-order valence-corrected chi connectivity index (χ0v) is 19.1. The summed E-state index contributed by atoms with van der Waals surface area (Å²) in [4.78, 5) is 0. The summed E-state index contributed by atoms with van der Waals surface area (Å²) in [6.07, 6.45) is 0. The largest absolute Gasteiger partial charge is 0.232 e. The van der Waals surface area contributed by atoms with Crippen LogP contribution in [0.2, 0.25) is 24.7 Å². The van der Waals surface area contributed by atoms with Gasteiger partial charge in [-0.15, -0.1) is 5.54 Å². The summed E-state index contributed by atoms with van der Waals surface area (Å²) in [5, 5.41) is 5.62. The Morgan fingerprint density at radius 2 is 1.53 bits per heavy atom. The van der Waals surface area contributed by atoms with Crippen molar-refractivity contribution in [2.24, 2.45) is 0 Å². The smallest absolute Gasteiger partial charge is 0.129 e. The van der Waals surface area contributed by atoms with Crippen molar-refractivity contribution in [2.75, 3.05) is 0 Å². The van der Waals surface area contributed by atoms with Crippen LogP contribution in [0.1, 0.15) is 5.56 Å². The highest BCUT2D eigenvalue weighted by atomic mass is 35.5. The summed E-state index contributed by atoms with van der Waals surface area (Å²) in [6.45, 7) is 6.76. The molecule has 0 bridgehead atoms. The molecule has 0 saturated heterocycles. The van der Waals surface area contributed by atoms with E-state index in [-0.39, 0.29) is 0 Å². The van der Waals surface area contributed by atoms with Gasteiger partial charge in [-0.3, -0.25) is 0 Å². The number of hydrogen-bond acceptors (Lipinski definition) is 1. The number of nitrogens with zero attached hydrogens (tertiary/aromatic N) is 2. The second kappa shape index (κ2) is 8.35. The molecule has 4 rings (SSSR count). The van der Waals surface area contributed by atoms with Crippen molar-refractivity contribution in [1.82, 2.24) is 9.78 Å². The predicted molar refractivity (Wildman–Crippen MR) is 130 cm³/mol. The Bertz CT molecular complexity index is 1220. The summed E-state index contributed by atoms with van der Waals surface area (Å²) in [7, 11) is -1.39. The number of aromatic nitrogens is 2. The maximum absolute atomic E-state index is 6.26. The van der Waals surface area contributed by atoms with Crippen LogP contribution in [0.25, 0.3) is 28.2 Å². The Labute approximate surface area is 184 Å². The molecular weight excluding hydrogens is 404 g/mol. The van der Waals surface area contributed by atoms with E-state index < -0.39 is 8.07 Å². The first-order chi connectivity index (χ1) is 14.4. The Kier molecular flexibility index (Phi) is 5.63. The molecule has 4 heteroatoms. The zero-order chi connectivity index (χ0) is 21.1. The fourth-order valence-electron chi connectivity index (χ4n) is 3.13. The van der Waals surface area contributed by atoms with Crippen LogP contribution in [0.4, 0.5) is 0 Å². The van der Waals surface area contributed by atoms with Gasteiger partial charge in [0.15, 0.2) is 0 Å². The highest BCUT2D eigenvalue weighted by molar-refractivity contribution is 6.83. The lowest BCUT2D eigenvalue weighted by molar-refractivity contribution is 0.892. The van der Waals surface area contributed by atoms with Crippen LogP contribution in [0, 0.1) is 11.5 Å². The third-order valence-electron chi connectivity index (χ3n) is 4.59. The van der Waals surface area contributed by atoms with E-state index in [1.807, 2.05) is 41.1 Å². The van der Waals surface area contributed by atoms with Crippen LogP contribution in [-0.2, 0) is 0 Å². The van der Waals surface area contributed by atoms with Gasteiger partial charge in [-0.25, -0.2) is 4.68 Å². The molecule has 0 saturated carbocycles. The first-order valence-electron chi connectivity index (χ1n) is 9.94. The van der Waals surface area contributed by atoms with Crippen molar-refractivity contribution in [3.63, 3.8) is 0 Å². The van der Waals surface area contributed by atoms with Crippen LogP contribution in [0.3, 0.4) is 0 Å². The topological polar surface area (TPSA) is 17.8 Å². The number of rotatable bonds is 3. The highest BCUT2D eigenvalue weighted by Crippen LogP contribution is 2.30. The Balaban J connectivity index is 1.77. The molecule has 0 aliphatic carbocycles. The van der Waals surface area contributed by atoms with Crippen molar-refractivity contribution in [1.29, 1.82) is 0 Å². The van der Waals surface area contributed by atoms with Crippen LogP contribution < -0.4 is 0 Å². The van der Waals surface area contributed by atoms with Gasteiger partial charge in [-0.1, -0.05) is 79.6 Å². The van der Waals surface area contributed by atoms with E-state index in [0.29, 0.717) is 5.02 Å². The number of hydrogen-bond donors (Lipinski definition) is 0. The third kappa shape index (κ3) is 4.73. The van der Waals surface area contributed by atoms with Gasteiger partial charge in [0, 0.05) is 21.7 Å². The first kappa shape index (κ1) is 20.2. The molecule has 148 valence electrons. The van der Waals surface area contributed by atoms with Gasteiger partial charge in [-0.2, -0.15) is 5.10 Å². The maximum Gasteiger partial charge on any atom is 0.129 e. The number of benzene rings is 3. The lowest BCUT2D eigenvalue weighted by Gasteiger charge is -2.07. The molecule has 2 nitrogen and oxygen atoms in total. The summed E-state index contributed by atoms with van der Waals surface area (Å²) >= 11 is 6.26. The van der Waals surface area contributed by atoms with Crippen molar-refractivity contribution >= 4 is 19.7 Å². The number of halogens is 1. The molecule has 3 aromatic carbocycles. The molecule has 30 heavy (non-hydrogen) atoms. The summed E-state index contributed by atoms with van der Waals surface area (Å²) in [6, 6.07) is 28.5. The van der Waals surface area contributed by atoms with Gasteiger partial charge in [0.25, 0.3) is 0 Å². The Morgan fingerprint density at radius 3 is 2.20 bits per heavy atom. The third-order valence-corrected chi connectivity index (χ3v) is 5.70. The fraction of sp³-hybridized carbons (Fsp3) is 0.115. The molecule has 1 heterocycles. The maximum atomic E-state index is 6.26.